The quantitative estimate of drug-likeness (QED) is 0.818. The maximum Gasteiger partial charge on any atom is 0.320 e. The Labute approximate surface area is 129 Å². The molecule has 1 aromatic carbocycles. The summed E-state index contributed by atoms with van der Waals surface area (Å²) in [5.41, 5.74) is 2.43. The van der Waals surface area contributed by atoms with Gasteiger partial charge in [-0.05, 0) is 42.3 Å². The summed E-state index contributed by atoms with van der Waals surface area (Å²) in [6.07, 6.45) is 1.37. The van der Waals surface area contributed by atoms with E-state index in [4.69, 9.17) is 0 Å². The zero-order valence-electron chi connectivity index (χ0n) is 12.4. The molecular formula is C17H21NO2S. The number of nitrogens with one attached hydrogen (secondary N) is 1. The lowest BCUT2D eigenvalue weighted by Crippen LogP contribution is -2.39. The van der Waals surface area contributed by atoms with Gasteiger partial charge in [-0.3, -0.25) is 10.1 Å². The summed E-state index contributed by atoms with van der Waals surface area (Å²) < 4.78 is 0. The molecule has 4 heteroatoms. The van der Waals surface area contributed by atoms with Crippen molar-refractivity contribution in [2.24, 2.45) is 0 Å². The molecule has 1 aromatic heterocycles. The lowest BCUT2D eigenvalue weighted by Gasteiger charge is -2.23. The summed E-state index contributed by atoms with van der Waals surface area (Å²) >= 11 is 1.69. The van der Waals surface area contributed by atoms with Crippen molar-refractivity contribution in [2.75, 3.05) is 0 Å². The van der Waals surface area contributed by atoms with E-state index < -0.39 is 12.0 Å². The van der Waals surface area contributed by atoms with E-state index in [1.165, 1.54) is 16.0 Å². The minimum atomic E-state index is -0.787. The van der Waals surface area contributed by atoms with Gasteiger partial charge in [-0.1, -0.05) is 37.3 Å². The largest absolute Gasteiger partial charge is 0.480 e. The monoisotopic (exact) mass is 303 g/mol. The van der Waals surface area contributed by atoms with Gasteiger partial charge in [-0.2, -0.15) is 0 Å². The number of benzene rings is 1. The summed E-state index contributed by atoms with van der Waals surface area (Å²) in [5.74, 6) is -0.787. The van der Waals surface area contributed by atoms with Crippen molar-refractivity contribution in [1.82, 2.24) is 5.32 Å². The van der Waals surface area contributed by atoms with E-state index >= 15 is 0 Å². The van der Waals surface area contributed by atoms with E-state index in [-0.39, 0.29) is 6.04 Å². The Morgan fingerprint density at radius 1 is 1.29 bits per heavy atom. The highest BCUT2D eigenvalue weighted by Gasteiger charge is 2.23. The van der Waals surface area contributed by atoms with Crippen LogP contribution in [0.2, 0.25) is 0 Å². The number of carboxylic acids is 1. The molecule has 2 N–H and O–H groups in total. The first-order chi connectivity index (χ1) is 10.1. The van der Waals surface area contributed by atoms with Gasteiger partial charge in [-0.15, -0.1) is 11.3 Å². The zero-order valence-corrected chi connectivity index (χ0v) is 13.2. The number of hydrogen-bond acceptors (Lipinski definition) is 3. The number of rotatable bonds is 7. The van der Waals surface area contributed by atoms with E-state index in [2.05, 4.69) is 35.8 Å². The van der Waals surface area contributed by atoms with Crippen molar-refractivity contribution in [1.29, 1.82) is 0 Å². The number of aryl methyl sites for hydroxylation is 1. The minimum absolute atomic E-state index is 0.0356. The SMILES string of the molecule is CCC(NC(Cc1ccccc1)c1sccc1C)C(=O)O. The van der Waals surface area contributed by atoms with Gasteiger partial charge in [0.15, 0.2) is 0 Å². The van der Waals surface area contributed by atoms with Crippen LogP contribution in [0.25, 0.3) is 0 Å². The Morgan fingerprint density at radius 3 is 2.52 bits per heavy atom. The summed E-state index contributed by atoms with van der Waals surface area (Å²) in [4.78, 5) is 12.5. The predicted octanol–water partition coefficient (Wildman–Crippen LogP) is 3.79. The van der Waals surface area contributed by atoms with Gasteiger partial charge in [0.2, 0.25) is 0 Å². The topological polar surface area (TPSA) is 49.3 Å². The molecule has 2 unspecified atom stereocenters. The van der Waals surface area contributed by atoms with Crippen molar-refractivity contribution < 1.29 is 9.90 Å². The van der Waals surface area contributed by atoms with Crippen molar-refractivity contribution in [2.45, 2.75) is 38.8 Å². The van der Waals surface area contributed by atoms with Crippen LogP contribution in [-0.2, 0) is 11.2 Å². The van der Waals surface area contributed by atoms with Gasteiger partial charge in [0, 0.05) is 10.9 Å². The number of hydrogen-bond donors (Lipinski definition) is 2. The van der Waals surface area contributed by atoms with Crippen LogP contribution in [0.5, 0.6) is 0 Å². The maximum absolute atomic E-state index is 11.3. The fourth-order valence-corrected chi connectivity index (χ4v) is 3.41. The van der Waals surface area contributed by atoms with Gasteiger partial charge >= 0.3 is 5.97 Å². The molecule has 2 aromatic rings. The molecule has 1 heterocycles. The van der Waals surface area contributed by atoms with Gasteiger partial charge in [0.1, 0.15) is 6.04 Å². The third-order valence-electron chi connectivity index (χ3n) is 3.61. The van der Waals surface area contributed by atoms with Crippen molar-refractivity contribution in [3.05, 3.63) is 57.8 Å². The van der Waals surface area contributed by atoms with Crippen molar-refractivity contribution in [3.63, 3.8) is 0 Å². The van der Waals surface area contributed by atoms with Gasteiger partial charge in [0.25, 0.3) is 0 Å². The Kier molecular flexibility index (Phi) is 5.53. The molecule has 0 aliphatic rings. The Hall–Kier alpha value is -1.65. The molecule has 0 fully saturated rings. The van der Waals surface area contributed by atoms with Crippen molar-refractivity contribution in [3.8, 4) is 0 Å². The number of carboxylic acid groups (broad SMARTS) is 1. The molecule has 0 aliphatic carbocycles. The summed E-state index contributed by atoms with van der Waals surface area (Å²) in [6.45, 7) is 3.97. The van der Waals surface area contributed by atoms with Crippen LogP contribution in [0.1, 0.15) is 35.4 Å². The number of thiophene rings is 1. The molecule has 0 radical (unpaired) electrons. The molecule has 3 nitrogen and oxygen atoms in total. The molecule has 0 saturated carbocycles. The fraction of sp³-hybridized carbons (Fsp3) is 0.353. The van der Waals surface area contributed by atoms with E-state index in [9.17, 15) is 9.90 Å². The van der Waals surface area contributed by atoms with Crippen LogP contribution < -0.4 is 5.32 Å². The lowest BCUT2D eigenvalue weighted by molar-refractivity contribution is -0.139. The Morgan fingerprint density at radius 2 is 2.00 bits per heavy atom. The molecule has 112 valence electrons. The normalized spacial score (nSPS) is 13.8. The van der Waals surface area contributed by atoms with Crippen LogP contribution >= 0.6 is 11.3 Å². The minimum Gasteiger partial charge on any atom is -0.480 e. The van der Waals surface area contributed by atoms with Gasteiger partial charge in [-0.25, -0.2) is 0 Å². The average Bonchev–Trinajstić information content (AvgIpc) is 2.90. The highest BCUT2D eigenvalue weighted by atomic mass is 32.1. The van der Waals surface area contributed by atoms with Gasteiger partial charge < -0.3 is 5.11 Å². The highest BCUT2D eigenvalue weighted by Crippen LogP contribution is 2.27. The zero-order chi connectivity index (χ0) is 15.2. The first-order valence-corrected chi connectivity index (χ1v) is 8.06. The van der Waals surface area contributed by atoms with E-state index in [1.807, 2.05) is 25.1 Å². The standard InChI is InChI=1S/C17H21NO2S/c1-3-14(17(19)20)18-15(16-12(2)9-10-21-16)11-13-7-5-4-6-8-13/h4-10,14-15,18H,3,11H2,1-2H3,(H,19,20). The van der Waals surface area contributed by atoms with Crippen LogP contribution in [0, 0.1) is 6.92 Å². The molecule has 0 amide bonds. The number of aliphatic carboxylic acids is 1. The Bertz CT molecular complexity index is 579. The molecule has 0 saturated heterocycles. The Balaban J connectivity index is 2.22. The van der Waals surface area contributed by atoms with Gasteiger partial charge in [0.05, 0.1) is 0 Å². The number of carbonyl (C=O) groups is 1. The summed E-state index contributed by atoms with van der Waals surface area (Å²) in [7, 11) is 0. The lowest BCUT2D eigenvalue weighted by atomic mass is 10.0. The first kappa shape index (κ1) is 15.7. The molecule has 0 spiro atoms. The van der Waals surface area contributed by atoms with E-state index in [0.29, 0.717) is 6.42 Å². The molecule has 0 aliphatic heterocycles. The highest BCUT2D eigenvalue weighted by molar-refractivity contribution is 7.10. The summed E-state index contributed by atoms with van der Waals surface area (Å²) in [5, 5.41) is 14.7. The van der Waals surface area contributed by atoms with Crippen LogP contribution in [0.15, 0.2) is 41.8 Å². The molecule has 2 rings (SSSR count). The molecular weight excluding hydrogens is 282 g/mol. The molecule has 21 heavy (non-hydrogen) atoms. The third kappa shape index (κ3) is 4.16. The van der Waals surface area contributed by atoms with Crippen molar-refractivity contribution >= 4 is 17.3 Å². The van der Waals surface area contributed by atoms with Crippen LogP contribution in [-0.4, -0.2) is 17.1 Å². The second-order valence-corrected chi connectivity index (χ2v) is 6.12. The van der Waals surface area contributed by atoms with E-state index in [0.717, 1.165) is 6.42 Å². The second kappa shape index (κ2) is 7.38. The summed E-state index contributed by atoms with van der Waals surface area (Å²) in [6, 6.07) is 11.8. The van der Waals surface area contributed by atoms with E-state index in [1.54, 1.807) is 11.3 Å². The maximum atomic E-state index is 11.3. The fourth-order valence-electron chi connectivity index (χ4n) is 2.43. The smallest absolute Gasteiger partial charge is 0.320 e. The first-order valence-electron chi connectivity index (χ1n) is 7.18. The second-order valence-electron chi connectivity index (χ2n) is 5.18. The molecule has 2 atom stereocenters. The predicted molar refractivity (Wildman–Crippen MR) is 86.8 cm³/mol. The average molecular weight is 303 g/mol. The third-order valence-corrected chi connectivity index (χ3v) is 4.74. The van der Waals surface area contributed by atoms with Crippen LogP contribution in [0.4, 0.5) is 0 Å². The molecule has 0 bridgehead atoms. The van der Waals surface area contributed by atoms with Crippen LogP contribution in [0.3, 0.4) is 0 Å².